The van der Waals surface area contributed by atoms with Gasteiger partial charge in [0.2, 0.25) is 5.82 Å². The maximum Gasteiger partial charge on any atom is 0.261 e. The molecule has 0 aliphatic carbocycles. The average Bonchev–Trinajstić information content (AvgIpc) is 3.19. The van der Waals surface area contributed by atoms with Crippen molar-refractivity contribution >= 4 is 15.7 Å². The van der Waals surface area contributed by atoms with Crippen LogP contribution in [0.1, 0.15) is 5.56 Å². The minimum absolute atomic E-state index is 0.214. The van der Waals surface area contributed by atoms with Crippen LogP contribution in [0.2, 0.25) is 0 Å². The van der Waals surface area contributed by atoms with E-state index in [-0.39, 0.29) is 4.90 Å². The van der Waals surface area contributed by atoms with Gasteiger partial charge in [0.25, 0.3) is 15.9 Å². The summed E-state index contributed by atoms with van der Waals surface area (Å²) in [5.74, 6) is 0.867. The summed E-state index contributed by atoms with van der Waals surface area (Å²) >= 11 is 0. The van der Waals surface area contributed by atoms with E-state index in [1.807, 2.05) is 37.3 Å². The molecule has 140 valence electrons. The Labute approximate surface area is 162 Å². The van der Waals surface area contributed by atoms with Gasteiger partial charge in [-0.3, -0.25) is 4.72 Å². The zero-order valence-corrected chi connectivity index (χ0v) is 15.8. The Hall–Kier alpha value is -3.45. The van der Waals surface area contributed by atoms with Gasteiger partial charge in [0.05, 0.1) is 4.90 Å². The van der Waals surface area contributed by atoms with Gasteiger partial charge in [0, 0.05) is 16.8 Å². The fourth-order valence-electron chi connectivity index (χ4n) is 2.66. The number of sulfonamides is 1. The molecule has 0 atom stereocenters. The van der Waals surface area contributed by atoms with E-state index in [9.17, 15) is 8.42 Å². The van der Waals surface area contributed by atoms with Crippen molar-refractivity contribution in [3.63, 3.8) is 0 Å². The lowest BCUT2D eigenvalue weighted by atomic mass is 10.2. The van der Waals surface area contributed by atoms with Crippen LogP contribution in [0, 0.1) is 6.92 Å². The number of aryl methyl sites for hydroxylation is 1. The first-order chi connectivity index (χ1) is 13.5. The molecule has 0 spiro atoms. The minimum atomic E-state index is -3.64. The zero-order valence-electron chi connectivity index (χ0n) is 15.0. The second-order valence-electron chi connectivity index (χ2n) is 6.29. The van der Waals surface area contributed by atoms with E-state index < -0.39 is 10.0 Å². The number of aromatic nitrogens is 2. The topological polar surface area (TPSA) is 85.1 Å². The zero-order chi connectivity index (χ0) is 19.6. The first-order valence-electron chi connectivity index (χ1n) is 8.60. The fourth-order valence-corrected chi connectivity index (χ4v) is 3.72. The first kappa shape index (κ1) is 17.9. The lowest BCUT2D eigenvalue weighted by molar-refractivity contribution is 0.432. The summed E-state index contributed by atoms with van der Waals surface area (Å²) in [4.78, 5) is 4.61. The number of hydrogen-bond acceptors (Lipinski definition) is 5. The van der Waals surface area contributed by atoms with Crippen LogP contribution in [0.4, 0.5) is 5.69 Å². The molecule has 3 aromatic carbocycles. The molecule has 0 unspecified atom stereocenters. The van der Waals surface area contributed by atoms with Crippen LogP contribution >= 0.6 is 0 Å². The largest absolute Gasteiger partial charge is 0.334 e. The highest BCUT2D eigenvalue weighted by Gasteiger charge is 2.15. The molecule has 0 aliphatic rings. The number of anilines is 1. The van der Waals surface area contributed by atoms with Crippen molar-refractivity contribution in [3.8, 4) is 22.8 Å². The number of nitrogens with zero attached hydrogens (tertiary/aromatic N) is 2. The van der Waals surface area contributed by atoms with Gasteiger partial charge in [-0.15, -0.1) is 0 Å². The normalized spacial score (nSPS) is 11.3. The Morgan fingerprint density at radius 2 is 1.50 bits per heavy atom. The molecule has 1 N–H and O–H groups in total. The van der Waals surface area contributed by atoms with E-state index in [1.165, 1.54) is 0 Å². The van der Waals surface area contributed by atoms with Crippen LogP contribution in [-0.4, -0.2) is 18.6 Å². The van der Waals surface area contributed by atoms with Crippen molar-refractivity contribution in [2.45, 2.75) is 11.8 Å². The van der Waals surface area contributed by atoms with E-state index >= 15 is 0 Å². The molecule has 28 heavy (non-hydrogen) atoms. The second-order valence-corrected chi connectivity index (χ2v) is 7.97. The smallest absolute Gasteiger partial charge is 0.261 e. The molecule has 4 rings (SSSR count). The summed E-state index contributed by atoms with van der Waals surface area (Å²) in [7, 11) is -3.64. The maximum atomic E-state index is 12.5. The van der Waals surface area contributed by atoms with E-state index in [0.29, 0.717) is 23.0 Å². The van der Waals surface area contributed by atoms with Gasteiger partial charge < -0.3 is 4.52 Å². The van der Waals surface area contributed by atoms with Gasteiger partial charge in [0.15, 0.2) is 0 Å². The van der Waals surface area contributed by atoms with Gasteiger partial charge in [0.1, 0.15) is 0 Å². The van der Waals surface area contributed by atoms with E-state index in [1.54, 1.807) is 48.5 Å². The molecule has 1 aromatic heterocycles. The number of rotatable bonds is 5. The minimum Gasteiger partial charge on any atom is -0.334 e. The lowest BCUT2D eigenvalue weighted by Crippen LogP contribution is -2.12. The predicted molar refractivity (Wildman–Crippen MR) is 107 cm³/mol. The molecule has 0 saturated carbocycles. The monoisotopic (exact) mass is 391 g/mol. The van der Waals surface area contributed by atoms with Crippen molar-refractivity contribution in [2.24, 2.45) is 0 Å². The van der Waals surface area contributed by atoms with Crippen LogP contribution in [0.3, 0.4) is 0 Å². The number of nitrogens with one attached hydrogen (secondary N) is 1. The maximum absolute atomic E-state index is 12.5. The van der Waals surface area contributed by atoms with Crippen molar-refractivity contribution in [2.75, 3.05) is 4.72 Å². The molecule has 7 heteroatoms. The summed E-state index contributed by atoms with van der Waals surface area (Å²) in [5, 5.41) is 3.99. The third-order valence-electron chi connectivity index (χ3n) is 4.17. The fraction of sp³-hybridized carbons (Fsp3) is 0.0476. The Morgan fingerprint density at radius 1 is 0.821 bits per heavy atom. The van der Waals surface area contributed by atoms with Gasteiger partial charge in [-0.25, -0.2) is 8.42 Å². The Morgan fingerprint density at radius 3 is 2.18 bits per heavy atom. The summed E-state index contributed by atoms with van der Waals surface area (Å²) in [5.41, 5.74) is 3.01. The average molecular weight is 391 g/mol. The summed E-state index contributed by atoms with van der Waals surface area (Å²) in [6.07, 6.45) is 0. The van der Waals surface area contributed by atoms with E-state index in [2.05, 4.69) is 14.9 Å². The highest BCUT2D eigenvalue weighted by molar-refractivity contribution is 7.92. The van der Waals surface area contributed by atoms with Gasteiger partial charge >= 0.3 is 0 Å². The molecule has 1 heterocycles. The summed E-state index contributed by atoms with van der Waals surface area (Å²) in [6, 6.07) is 23.0. The molecule has 0 saturated heterocycles. The first-order valence-corrected chi connectivity index (χ1v) is 10.1. The Bertz CT molecular complexity index is 1180. The molecule has 0 amide bonds. The molecule has 0 aliphatic heterocycles. The summed E-state index contributed by atoms with van der Waals surface area (Å²) in [6.45, 7) is 1.91. The summed E-state index contributed by atoms with van der Waals surface area (Å²) < 4.78 is 32.8. The highest BCUT2D eigenvalue weighted by atomic mass is 32.2. The molecule has 0 bridgehead atoms. The highest BCUT2D eigenvalue weighted by Crippen LogP contribution is 2.24. The third kappa shape index (κ3) is 3.79. The van der Waals surface area contributed by atoms with E-state index in [4.69, 9.17) is 4.52 Å². The third-order valence-corrected chi connectivity index (χ3v) is 5.57. The molecule has 6 nitrogen and oxygen atoms in total. The molecular weight excluding hydrogens is 374 g/mol. The van der Waals surface area contributed by atoms with Crippen molar-refractivity contribution in [1.82, 2.24) is 10.1 Å². The van der Waals surface area contributed by atoms with E-state index in [0.717, 1.165) is 11.1 Å². The molecule has 0 fully saturated rings. The predicted octanol–water partition coefficient (Wildman–Crippen LogP) is 4.51. The molecule has 0 radical (unpaired) electrons. The Kier molecular flexibility index (Phi) is 4.67. The standard InChI is InChI=1S/C21H17N3O3S/c1-15-7-13-19(14-8-15)28(25,26)24-18-11-9-17(10-12-18)21-22-20(23-27-21)16-5-3-2-4-6-16/h2-14,24H,1H3. The van der Waals surface area contributed by atoms with Crippen molar-refractivity contribution < 1.29 is 12.9 Å². The van der Waals surface area contributed by atoms with Gasteiger partial charge in [-0.2, -0.15) is 4.98 Å². The van der Waals surface area contributed by atoms with Crippen LogP contribution in [0.5, 0.6) is 0 Å². The van der Waals surface area contributed by atoms with Crippen molar-refractivity contribution in [3.05, 3.63) is 84.4 Å². The second kappa shape index (κ2) is 7.28. The molecule has 4 aromatic rings. The number of benzene rings is 3. The van der Waals surface area contributed by atoms with Crippen LogP contribution in [0.15, 0.2) is 88.3 Å². The van der Waals surface area contributed by atoms with Gasteiger partial charge in [-0.1, -0.05) is 53.2 Å². The van der Waals surface area contributed by atoms with Crippen LogP contribution in [0.25, 0.3) is 22.8 Å². The van der Waals surface area contributed by atoms with Gasteiger partial charge in [-0.05, 0) is 43.3 Å². The van der Waals surface area contributed by atoms with Crippen molar-refractivity contribution in [1.29, 1.82) is 0 Å². The lowest BCUT2D eigenvalue weighted by Gasteiger charge is -2.08. The quantitative estimate of drug-likeness (QED) is 0.541. The SMILES string of the molecule is Cc1ccc(S(=O)(=O)Nc2ccc(-c3nc(-c4ccccc4)no3)cc2)cc1. The number of hydrogen-bond donors (Lipinski definition) is 1. The van der Waals surface area contributed by atoms with Crippen LogP contribution < -0.4 is 4.72 Å². The Balaban J connectivity index is 1.53. The van der Waals surface area contributed by atoms with Crippen LogP contribution in [-0.2, 0) is 10.0 Å². The molecular formula is C21H17N3O3S.